The fourth-order valence-electron chi connectivity index (χ4n) is 1.25. The Kier molecular flexibility index (Phi) is 4.65. The zero-order chi connectivity index (χ0) is 11.3. The minimum absolute atomic E-state index is 0.385. The van der Waals surface area contributed by atoms with E-state index in [-0.39, 0.29) is 0 Å². The number of hydrogen-bond acceptors (Lipinski definition) is 2. The van der Waals surface area contributed by atoms with Gasteiger partial charge in [0.05, 0.1) is 6.61 Å². The molecular weight excluding hydrogens is 200 g/mol. The van der Waals surface area contributed by atoms with Gasteiger partial charge in [0.25, 0.3) is 0 Å². The Labute approximate surface area is 88.3 Å². The molecule has 1 rings (SSSR count). The molecule has 15 heavy (non-hydrogen) atoms. The molecule has 84 valence electrons. The molecule has 0 unspecified atom stereocenters. The molecule has 0 saturated carbocycles. The fraction of sp³-hybridized carbons (Fsp3) is 0.455. The smallest absolute Gasteiger partial charge is 0.130 e. The summed E-state index contributed by atoms with van der Waals surface area (Å²) in [6.45, 7) is 3.22. The maximum Gasteiger partial charge on any atom is 0.130 e. The SMILES string of the molecule is COCCNCc1cc(C)c(F)cc1F. The quantitative estimate of drug-likeness (QED) is 0.759. The molecule has 0 fully saturated rings. The third-order valence-corrected chi connectivity index (χ3v) is 2.13. The second-order valence-electron chi connectivity index (χ2n) is 3.36. The fourth-order valence-corrected chi connectivity index (χ4v) is 1.25. The van der Waals surface area contributed by atoms with E-state index in [1.54, 1.807) is 14.0 Å². The lowest BCUT2D eigenvalue weighted by atomic mass is 10.1. The molecule has 0 heterocycles. The zero-order valence-electron chi connectivity index (χ0n) is 8.94. The maximum atomic E-state index is 13.2. The number of aryl methyl sites for hydroxylation is 1. The first-order valence-corrected chi connectivity index (χ1v) is 4.79. The summed E-state index contributed by atoms with van der Waals surface area (Å²) in [5.41, 5.74) is 0.935. The van der Waals surface area contributed by atoms with Gasteiger partial charge < -0.3 is 10.1 Å². The van der Waals surface area contributed by atoms with Crippen molar-refractivity contribution < 1.29 is 13.5 Å². The van der Waals surface area contributed by atoms with Crippen molar-refractivity contribution in [2.24, 2.45) is 0 Å². The minimum Gasteiger partial charge on any atom is -0.383 e. The summed E-state index contributed by atoms with van der Waals surface area (Å²) < 4.78 is 31.0. The average Bonchev–Trinajstić information content (AvgIpc) is 2.20. The van der Waals surface area contributed by atoms with Crippen LogP contribution in [0, 0.1) is 18.6 Å². The van der Waals surface area contributed by atoms with Gasteiger partial charge in [-0.25, -0.2) is 8.78 Å². The van der Waals surface area contributed by atoms with Crippen molar-refractivity contribution in [1.82, 2.24) is 5.32 Å². The molecule has 0 bridgehead atoms. The predicted octanol–water partition coefficient (Wildman–Crippen LogP) is 2.01. The number of methoxy groups -OCH3 is 1. The summed E-state index contributed by atoms with van der Waals surface area (Å²) in [6.07, 6.45) is 0. The third-order valence-electron chi connectivity index (χ3n) is 2.13. The van der Waals surface area contributed by atoms with Crippen LogP contribution in [0.25, 0.3) is 0 Å². The summed E-state index contributed by atoms with van der Waals surface area (Å²) in [4.78, 5) is 0. The first-order valence-electron chi connectivity index (χ1n) is 4.79. The Bertz CT molecular complexity index is 329. The van der Waals surface area contributed by atoms with Crippen molar-refractivity contribution in [2.45, 2.75) is 13.5 Å². The maximum absolute atomic E-state index is 13.2. The highest BCUT2D eigenvalue weighted by Crippen LogP contribution is 2.13. The first-order chi connectivity index (χ1) is 7.15. The van der Waals surface area contributed by atoms with Crippen LogP contribution in [0.4, 0.5) is 8.78 Å². The van der Waals surface area contributed by atoms with Crippen molar-refractivity contribution in [2.75, 3.05) is 20.3 Å². The summed E-state index contributed by atoms with van der Waals surface area (Å²) >= 11 is 0. The van der Waals surface area contributed by atoms with Crippen molar-refractivity contribution in [3.63, 3.8) is 0 Å². The van der Waals surface area contributed by atoms with Gasteiger partial charge in [-0.3, -0.25) is 0 Å². The second kappa shape index (κ2) is 5.78. The normalized spacial score (nSPS) is 10.7. The van der Waals surface area contributed by atoms with E-state index < -0.39 is 11.6 Å². The Balaban J connectivity index is 2.57. The van der Waals surface area contributed by atoms with Gasteiger partial charge in [0.1, 0.15) is 11.6 Å². The second-order valence-corrected chi connectivity index (χ2v) is 3.36. The summed E-state index contributed by atoms with van der Waals surface area (Å²) in [5, 5.41) is 3.00. The van der Waals surface area contributed by atoms with Gasteiger partial charge in [0.2, 0.25) is 0 Å². The van der Waals surface area contributed by atoms with E-state index in [0.29, 0.717) is 30.8 Å². The minimum atomic E-state index is -0.511. The van der Waals surface area contributed by atoms with E-state index >= 15 is 0 Å². The largest absolute Gasteiger partial charge is 0.383 e. The number of ether oxygens (including phenoxy) is 1. The molecule has 2 nitrogen and oxygen atoms in total. The molecule has 1 N–H and O–H groups in total. The van der Waals surface area contributed by atoms with Crippen molar-refractivity contribution in [3.8, 4) is 0 Å². The van der Waals surface area contributed by atoms with E-state index in [9.17, 15) is 8.78 Å². The Hall–Kier alpha value is -1.00. The molecule has 0 atom stereocenters. The zero-order valence-corrected chi connectivity index (χ0v) is 8.94. The van der Waals surface area contributed by atoms with Gasteiger partial charge in [0.15, 0.2) is 0 Å². The van der Waals surface area contributed by atoms with Crippen LogP contribution in [-0.2, 0) is 11.3 Å². The molecule has 1 aromatic rings. The molecule has 0 spiro atoms. The van der Waals surface area contributed by atoms with Crippen LogP contribution in [0.15, 0.2) is 12.1 Å². The number of hydrogen-bond donors (Lipinski definition) is 1. The standard InChI is InChI=1S/C11H15F2NO/c1-8-5-9(7-14-3-4-15-2)11(13)6-10(8)12/h5-6,14H,3-4,7H2,1-2H3. The van der Waals surface area contributed by atoms with Crippen LogP contribution in [0.3, 0.4) is 0 Å². The highest BCUT2D eigenvalue weighted by molar-refractivity contribution is 5.25. The molecule has 0 saturated heterocycles. The summed E-state index contributed by atoms with van der Waals surface area (Å²) in [7, 11) is 1.60. The predicted molar refractivity (Wildman–Crippen MR) is 54.7 cm³/mol. The van der Waals surface area contributed by atoms with Gasteiger partial charge in [-0.1, -0.05) is 0 Å². The highest BCUT2D eigenvalue weighted by Gasteiger charge is 2.06. The number of nitrogens with one attached hydrogen (secondary N) is 1. The lowest BCUT2D eigenvalue weighted by molar-refractivity contribution is 0.199. The number of rotatable bonds is 5. The Morgan fingerprint density at radius 1 is 1.27 bits per heavy atom. The van der Waals surface area contributed by atoms with E-state index in [2.05, 4.69) is 5.32 Å². The Morgan fingerprint density at radius 3 is 2.67 bits per heavy atom. The van der Waals surface area contributed by atoms with Gasteiger partial charge in [-0.05, 0) is 18.6 Å². The van der Waals surface area contributed by atoms with Gasteiger partial charge in [0, 0.05) is 31.8 Å². The van der Waals surface area contributed by atoms with E-state index in [1.165, 1.54) is 6.07 Å². The molecular formula is C11H15F2NO. The number of benzene rings is 1. The Morgan fingerprint density at radius 2 is 2.00 bits per heavy atom. The van der Waals surface area contributed by atoms with Gasteiger partial charge in [-0.15, -0.1) is 0 Å². The molecule has 0 aliphatic rings. The molecule has 1 aromatic carbocycles. The monoisotopic (exact) mass is 215 g/mol. The van der Waals surface area contributed by atoms with Crippen LogP contribution in [0.1, 0.15) is 11.1 Å². The highest BCUT2D eigenvalue weighted by atomic mass is 19.1. The molecule has 0 radical (unpaired) electrons. The molecule has 4 heteroatoms. The topological polar surface area (TPSA) is 21.3 Å². The molecule has 0 aliphatic heterocycles. The third kappa shape index (κ3) is 3.57. The molecule has 0 aliphatic carbocycles. The molecule has 0 aromatic heterocycles. The van der Waals surface area contributed by atoms with E-state index in [0.717, 1.165) is 6.07 Å². The van der Waals surface area contributed by atoms with Crippen LogP contribution in [0.5, 0.6) is 0 Å². The van der Waals surface area contributed by atoms with Crippen LogP contribution in [0.2, 0.25) is 0 Å². The summed E-state index contributed by atoms with van der Waals surface area (Å²) in [5.74, 6) is -1.02. The van der Waals surface area contributed by atoms with Gasteiger partial charge in [-0.2, -0.15) is 0 Å². The van der Waals surface area contributed by atoms with E-state index in [4.69, 9.17) is 4.74 Å². The molecule has 0 amide bonds. The van der Waals surface area contributed by atoms with Crippen molar-refractivity contribution in [3.05, 3.63) is 34.9 Å². The lowest BCUT2D eigenvalue weighted by Crippen LogP contribution is -2.19. The summed E-state index contributed by atoms with van der Waals surface area (Å²) in [6, 6.07) is 2.44. The first kappa shape index (κ1) is 12.1. The lowest BCUT2D eigenvalue weighted by Gasteiger charge is -2.07. The van der Waals surface area contributed by atoms with Crippen LogP contribution in [-0.4, -0.2) is 20.3 Å². The van der Waals surface area contributed by atoms with Crippen LogP contribution >= 0.6 is 0 Å². The van der Waals surface area contributed by atoms with Gasteiger partial charge >= 0.3 is 0 Å². The van der Waals surface area contributed by atoms with Crippen molar-refractivity contribution >= 4 is 0 Å². The van der Waals surface area contributed by atoms with E-state index in [1.807, 2.05) is 0 Å². The van der Waals surface area contributed by atoms with Crippen LogP contribution < -0.4 is 5.32 Å². The average molecular weight is 215 g/mol. The van der Waals surface area contributed by atoms with Crippen molar-refractivity contribution in [1.29, 1.82) is 0 Å². The number of halogens is 2.